The van der Waals surface area contributed by atoms with E-state index in [1.807, 2.05) is 32.9 Å². The van der Waals surface area contributed by atoms with Gasteiger partial charge in [0.05, 0.1) is 0 Å². The third-order valence-electron chi connectivity index (χ3n) is 1.53. The SMILES string of the molecule is CC.Cc1c[c-]c2cnccc2n1.[Re]. The Balaban J connectivity index is 0.000000531. The van der Waals surface area contributed by atoms with Gasteiger partial charge in [-0.3, -0.25) is 0 Å². The zero-order valence-electron chi connectivity index (χ0n) is 8.58. The van der Waals surface area contributed by atoms with Crippen molar-refractivity contribution in [2.45, 2.75) is 20.8 Å². The number of aryl methyl sites for hydroxylation is 1. The van der Waals surface area contributed by atoms with Crippen LogP contribution in [-0.4, -0.2) is 9.97 Å². The van der Waals surface area contributed by atoms with E-state index >= 15 is 0 Å². The predicted molar refractivity (Wildman–Crippen MR) is 54.5 cm³/mol. The van der Waals surface area contributed by atoms with Crippen LogP contribution in [0.2, 0.25) is 0 Å². The van der Waals surface area contributed by atoms with Crippen LogP contribution in [0.1, 0.15) is 19.5 Å². The Hall–Kier alpha value is -0.778. The molecule has 0 bridgehead atoms. The molecule has 2 nitrogen and oxygen atoms in total. The summed E-state index contributed by atoms with van der Waals surface area (Å²) in [6, 6.07) is 6.85. The molecule has 0 aliphatic heterocycles. The number of pyridine rings is 2. The first kappa shape index (κ1) is 13.2. The molecule has 0 N–H and O–H groups in total. The third-order valence-corrected chi connectivity index (χ3v) is 1.53. The minimum absolute atomic E-state index is 0. The van der Waals surface area contributed by atoms with E-state index in [2.05, 4.69) is 16.0 Å². The molecule has 0 spiro atoms. The van der Waals surface area contributed by atoms with Gasteiger partial charge in [0, 0.05) is 26.6 Å². The zero-order chi connectivity index (χ0) is 9.68. The molecule has 0 fully saturated rings. The van der Waals surface area contributed by atoms with Gasteiger partial charge >= 0.3 is 0 Å². The molecule has 14 heavy (non-hydrogen) atoms. The van der Waals surface area contributed by atoms with Gasteiger partial charge < -0.3 is 9.97 Å². The molecule has 0 saturated carbocycles. The quantitative estimate of drug-likeness (QED) is 0.676. The molecule has 2 aromatic rings. The standard InChI is InChI=1S/C9H7N2.C2H6.Re/c1-7-2-3-8-6-10-5-4-9(8)11-7;1-2;/h2,4-6H,1H3;1-2H3;/q-1;;. The Morgan fingerprint density at radius 2 is 2.00 bits per heavy atom. The van der Waals surface area contributed by atoms with Crippen molar-refractivity contribution in [2.24, 2.45) is 0 Å². The Labute approximate surface area is 98.4 Å². The number of nitrogens with zero attached hydrogens (tertiary/aromatic N) is 2. The molecule has 0 amide bonds. The van der Waals surface area contributed by atoms with E-state index < -0.39 is 0 Å². The van der Waals surface area contributed by atoms with Crippen LogP contribution >= 0.6 is 0 Å². The van der Waals surface area contributed by atoms with Crippen LogP contribution in [0.4, 0.5) is 0 Å². The summed E-state index contributed by atoms with van der Waals surface area (Å²) in [5.41, 5.74) is 1.95. The van der Waals surface area contributed by atoms with Crippen molar-refractivity contribution >= 4 is 10.9 Å². The first-order valence-corrected chi connectivity index (χ1v) is 4.45. The van der Waals surface area contributed by atoms with E-state index in [0.29, 0.717) is 0 Å². The fraction of sp³-hybridized carbons (Fsp3) is 0.273. The van der Waals surface area contributed by atoms with Crippen molar-refractivity contribution in [3.8, 4) is 0 Å². The first-order valence-electron chi connectivity index (χ1n) is 4.45. The molecule has 0 aliphatic carbocycles. The van der Waals surface area contributed by atoms with E-state index in [1.165, 1.54) is 0 Å². The minimum atomic E-state index is 0. The van der Waals surface area contributed by atoms with E-state index in [9.17, 15) is 0 Å². The maximum absolute atomic E-state index is 4.30. The molecule has 75 valence electrons. The molecular weight excluding hydrogens is 346 g/mol. The topological polar surface area (TPSA) is 25.8 Å². The summed E-state index contributed by atoms with van der Waals surface area (Å²) in [4.78, 5) is 8.28. The van der Waals surface area contributed by atoms with E-state index in [4.69, 9.17) is 0 Å². The number of hydrogen-bond donors (Lipinski definition) is 0. The molecule has 2 rings (SSSR count). The number of hydrogen-bond acceptors (Lipinski definition) is 2. The summed E-state index contributed by atoms with van der Waals surface area (Å²) in [6.45, 7) is 5.95. The molecule has 0 atom stereocenters. The van der Waals surface area contributed by atoms with Crippen molar-refractivity contribution in [1.82, 2.24) is 9.97 Å². The first-order chi connectivity index (χ1) is 6.36. The summed E-state index contributed by atoms with van der Waals surface area (Å²) in [5.74, 6) is 0. The molecule has 0 saturated heterocycles. The molecule has 2 aromatic heterocycles. The summed E-state index contributed by atoms with van der Waals surface area (Å²) in [6.07, 6.45) is 3.50. The number of fused-ring (bicyclic) bond motifs is 1. The van der Waals surface area contributed by atoms with Crippen LogP contribution in [0, 0.1) is 13.0 Å². The van der Waals surface area contributed by atoms with Crippen LogP contribution in [0.5, 0.6) is 0 Å². The average molecular weight is 359 g/mol. The molecule has 1 radical (unpaired) electrons. The van der Waals surface area contributed by atoms with Crippen molar-refractivity contribution in [1.29, 1.82) is 0 Å². The van der Waals surface area contributed by atoms with Crippen molar-refractivity contribution in [3.05, 3.63) is 36.3 Å². The van der Waals surface area contributed by atoms with Gasteiger partial charge in [0.1, 0.15) is 0 Å². The fourth-order valence-corrected chi connectivity index (χ4v) is 1.00. The Kier molecular flexibility index (Phi) is 6.27. The van der Waals surface area contributed by atoms with E-state index in [0.717, 1.165) is 16.6 Å². The monoisotopic (exact) mass is 360 g/mol. The second kappa shape index (κ2) is 6.64. The summed E-state index contributed by atoms with van der Waals surface area (Å²) >= 11 is 0. The predicted octanol–water partition coefficient (Wildman–Crippen LogP) is 2.76. The molecule has 0 aromatic carbocycles. The van der Waals surface area contributed by atoms with Crippen LogP contribution < -0.4 is 0 Å². The Bertz CT molecular complexity index is 388. The Morgan fingerprint density at radius 1 is 1.29 bits per heavy atom. The van der Waals surface area contributed by atoms with Gasteiger partial charge in [-0.25, -0.2) is 0 Å². The zero-order valence-corrected chi connectivity index (χ0v) is 11.3. The maximum atomic E-state index is 4.30. The summed E-state index contributed by atoms with van der Waals surface area (Å²) in [5, 5.41) is 0.970. The largest absolute Gasteiger partial charge is 0.349 e. The number of aromatic nitrogens is 2. The van der Waals surface area contributed by atoms with Crippen molar-refractivity contribution < 1.29 is 20.4 Å². The second-order valence-electron chi connectivity index (χ2n) is 2.43. The van der Waals surface area contributed by atoms with E-state index in [-0.39, 0.29) is 20.4 Å². The molecule has 0 unspecified atom stereocenters. The maximum Gasteiger partial charge on any atom is 0.00821 e. The van der Waals surface area contributed by atoms with Crippen molar-refractivity contribution in [3.63, 3.8) is 0 Å². The van der Waals surface area contributed by atoms with Crippen LogP contribution in [-0.2, 0) is 20.4 Å². The van der Waals surface area contributed by atoms with Gasteiger partial charge in [0.2, 0.25) is 0 Å². The van der Waals surface area contributed by atoms with Gasteiger partial charge in [-0.15, -0.1) is 17.5 Å². The molecule has 0 aliphatic rings. The van der Waals surface area contributed by atoms with Gasteiger partial charge in [0.15, 0.2) is 0 Å². The van der Waals surface area contributed by atoms with Gasteiger partial charge in [-0.1, -0.05) is 26.8 Å². The van der Waals surface area contributed by atoms with Crippen LogP contribution in [0.3, 0.4) is 0 Å². The second-order valence-corrected chi connectivity index (χ2v) is 2.43. The van der Waals surface area contributed by atoms with Gasteiger partial charge in [0.25, 0.3) is 0 Å². The van der Waals surface area contributed by atoms with Gasteiger partial charge in [-0.05, 0) is 17.4 Å². The van der Waals surface area contributed by atoms with Crippen LogP contribution in [0.15, 0.2) is 24.5 Å². The minimum Gasteiger partial charge on any atom is -0.349 e. The van der Waals surface area contributed by atoms with Crippen LogP contribution in [0.25, 0.3) is 10.9 Å². The number of rotatable bonds is 0. The summed E-state index contributed by atoms with van der Waals surface area (Å²) < 4.78 is 0. The molecular formula is C11H13N2Re-. The van der Waals surface area contributed by atoms with Crippen molar-refractivity contribution in [2.75, 3.05) is 0 Å². The van der Waals surface area contributed by atoms with E-state index in [1.54, 1.807) is 12.4 Å². The average Bonchev–Trinajstić information content (AvgIpc) is 2.21. The van der Waals surface area contributed by atoms with Gasteiger partial charge in [-0.2, -0.15) is 0 Å². The molecule has 3 heteroatoms. The normalized spacial score (nSPS) is 8.50. The summed E-state index contributed by atoms with van der Waals surface area (Å²) in [7, 11) is 0. The smallest absolute Gasteiger partial charge is 0.00821 e. The molecule has 2 heterocycles. The Morgan fingerprint density at radius 3 is 2.71 bits per heavy atom. The third kappa shape index (κ3) is 3.17. The fourth-order valence-electron chi connectivity index (χ4n) is 1.00.